The maximum atomic E-state index is 14.1. The molecule has 32 heavy (non-hydrogen) atoms. The van der Waals surface area contributed by atoms with Crippen LogP contribution in [-0.4, -0.2) is 23.2 Å². The normalized spacial score (nSPS) is 22.2. The highest BCUT2D eigenvalue weighted by molar-refractivity contribution is 6.20. The minimum absolute atomic E-state index is 0.0689. The number of allylic oxidation sites excluding steroid dienone is 1. The number of ketones is 1. The van der Waals surface area contributed by atoms with E-state index < -0.39 is 5.41 Å². The van der Waals surface area contributed by atoms with Crippen molar-refractivity contribution < 1.29 is 9.59 Å². The molecule has 0 saturated carbocycles. The average Bonchev–Trinajstić information content (AvgIpc) is 3.04. The van der Waals surface area contributed by atoms with Crippen LogP contribution in [-0.2, 0) is 15.0 Å². The number of hydrogen-bond acceptors (Lipinski definition) is 6. The monoisotopic (exact) mass is 423 g/mol. The van der Waals surface area contributed by atoms with Crippen LogP contribution >= 0.6 is 0 Å². The van der Waals surface area contributed by atoms with Crippen molar-refractivity contribution >= 4 is 23.1 Å². The number of para-hydroxylation sites is 1. The third kappa shape index (κ3) is 2.38. The molecule has 1 aliphatic carbocycles. The van der Waals surface area contributed by atoms with Gasteiger partial charge in [-0.1, -0.05) is 24.3 Å². The standard InChI is InChI=1S/C25H21N5O2/c1-2-13-29-19-9-4-3-8-17(19)25(24(29)32)18(14-26)23(27)30(16-7-6-12-28-15-16)20-10-5-11-21(31)22(20)25/h2-4,6-9,12,15H,1,5,10-11,13,27H2/t25-/m0/s1. The SMILES string of the molecule is C=CCN1C(=O)[C@]2(C(C#N)=C(N)N(c3cccnc3)C3=C2C(=O)CCC3)c2ccccc21. The molecule has 3 heterocycles. The third-order valence-corrected chi connectivity index (χ3v) is 6.39. The van der Waals surface area contributed by atoms with Crippen molar-refractivity contribution in [3.8, 4) is 6.07 Å². The molecule has 1 amide bonds. The lowest BCUT2D eigenvalue weighted by atomic mass is 9.64. The fraction of sp³-hybridized carbons (Fsp3) is 0.200. The van der Waals surface area contributed by atoms with Gasteiger partial charge in [0.05, 0.1) is 17.5 Å². The minimum Gasteiger partial charge on any atom is -0.384 e. The van der Waals surface area contributed by atoms with Crippen LogP contribution in [0.25, 0.3) is 0 Å². The van der Waals surface area contributed by atoms with Crippen molar-refractivity contribution in [1.29, 1.82) is 5.26 Å². The van der Waals surface area contributed by atoms with Crippen molar-refractivity contribution in [2.75, 3.05) is 16.3 Å². The number of carbonyl (C=O) groups excluding carboxylic acids is 2. The molecule has 1 spiro atoms. The Balaban J connectivity index is 1.89. The van der Waals surface area contributed by atoms with Gasteiger partial charge in [-0.2, -0.15) is 5.26 Å². The molecule has 3 aliphatic rings. The number of carbonyl (C=O) groups is 2. The second-order valence-corrected chi connectivity index (χ2v) is 7.99. The lowest BCUT2D eigenvalue weighted by Gasteiger charge is -2.43. The molecule has 0 saturated heterocycles. The number of nitrogens with zero attached hydrogens (tertiary/aromatic N) is 4. The predicted molar refractivity (Wildman–Crippen MR) is 120 cm³/mol. The molecule has 2 aromatic rings. The van der Waals surface area contributed by atoms with E-state index in [2.05, 4.69) is 17.6 Å². The second-order valence-electron chi connectivity index (χ2n) is 7.99. The quantitative estimate of drug-likeness (QED) is 0.761. The van der Waals surface area contributed by atoms with Gasteiger partial charge in [-0.05, 0) is 31.0 Å². The van der Waals surface area contributed by atoms with Gasteiger partial charge in [0.1, 0.15) is 17.3 Å². The topological polar surface area (TPSA) is 103 Å². The van der Waals surface area contributed by atoms with Gasteiger partial charge in [0, 0.05) is 41.7 Å². The zero-order chi connectivity index (χ0) is 22.5. The van der Waals surface area contributed by atoms with Crippen LogP contribution in [0.3, 0.4) is 0 Å². The van der Waals surface area contributed by atoms with Crippen LogP contribution in [0, 0.1) is 11.3 Å². The van der Waals surface area contributed by atoms with Crippen molar-refractivity contribution in [3.63, 3.8) is 0 Å². The Labute approximate surface area is 185 Å². The van der Waals surface area contributed by atoms with E-state index in [9.17, 15) is 14.9 Å². The van der Waals surface area contributed by atoms with Gasteiger partial charge in [0.25, 0.3) is 0 Å². The van der Waals surface area contributed by atoms with Crippen LogP contribution in [0.5, 0.6) is 0 Å². The maximum absolute atomic E-state index is 14.1. The lowest BCUT2D eigenvalue weighted by Crippen LogP contribution is -2.52. The lowest BCUT2D eigenvalue weighted by molar-refractivity contribution is -0.124. The number of anilines is 2. The number of benzene rings is 1. The summed E-state index contributed by atoms with van der Waals surface area (Å²) in [5.74, 6) is -0.326. The molecule has 2 aliphatic heterocycles. The van der Waals surface area contributed by atoms with E-state index in [1.54, 1.807) is 34.3 Å². The van der Waals surface area contributed by atoms with Gasteiger partial charge >= 0.3 is 0 Å². The van der Waals surface area contributed by atoms with E-state index in [1.807, 2.05) is 30.3 Å². The zero-order valence-corrected chi connectivity index (χ0v) is 17.4. The summed E-state index contributed by atoms with van der Waals surface area (Å²) in [5.41, 5.74) is 8.08. The van der Waals surface area contributed by atoms with Gasteiger partial charge in [0.2, 0.25) is 5.91 Å². The molecule has 5 rings (SSSR count). The molecule has 0 bridgehead atoms. The first-order valence-corrected chi connectivity index (χ1v) is 10.5. The molecule has 2 N–H and O–H groups in total. The van der Waals surface area contributed by atoms with Crippen molar-refractivity contribution in [1.82, 2.24) is 4.98 Å². The average molecular weight is 423 g/mol. The molecule has 0 radical (unpaired) electrons. The van der Waals surface area contributed by atoms with Crippen molar-refractivity contribution in [2.24, 2.45) is 5.73 Å². The number of Topliss-reactive ketones (excluding diaryl/α,β-unsaturated/α-hetero) is 1. The molecule has 0 unspecified atom stereocenters. The van der Waals surface area contributed by atoms with E-state index in [0.29, 0.717) is 47.5 Å². The smallest absolute Gasteiger partial charge is 0.248 e. The predicted octanol–water partition coefficient (Wildman–Crippen LogP) is 3.07. The van der Waals surface area contributed by atoms with Crippen LogP contribution in [0.2, 0.25) is 0 Å². The molecule has 7 heteroatoms. The second kappa shape index (κ2) is 7.20. The van der Waals surface area contributed by atoms with E-state index in [1.165, 1.54) is 0 Å². The Hall–Kier alpha value is -4.18. The molecule has 0 fully saturated rings. The summed E-state index contributed by atoms with van der Waals surface area (Å²) in [7, 11) is 0. The van der Waals surface area contributed by atoms with Gasteiger partial charge in [0.15, 0.2) is 5.78 Å². The van der Waals surface area contributed by atoms with Gasteiger partial charge < -0.3 is 10.6 Å². The molecular formula is C25H21N5O2. The van der Waals surface area contributed by atoms with Gasteiger partial charge in [-0.25, -0.2) is 0 Å². The number of rotatable bonds is 3. The van der Waals surface area contributed by atoms with Crippen LogP contribution in [0.4, 0.5) is 11.4 Å². The Morgan fingerprint density at radius 2 is 2.03 bits per heavy atom. The minimum atomic E-state index is -1.55. The Morgan fingerprint density at radius 1 is 1.22 bits per heavy atom. The van der Waals surface area contributed by atoms with Crippen molar-refractivity contribution in [3.05, 3.63) is 89.7 Å². The highest BCUT2D eigenvalue weighted by Gasteiger charge is 2.62. The fourth-order valence-electron chi connectivity index (χ4n) is 5.22. The first kappa shape index (κ1) is 19.8. The summed E-state index contributed by atoms with van der Waals surface area (Å²) in [5, 5.41) is 10.3. The van der Waals surface area contributed by atoms with Gasteiger partial charge in [-0.3, -0.25) is 19.5 Å². The summed E-state index contributed by atoms with van der Waals surface area (Å²) in [4.78, 5) is 35.1. The number of pyridine rings is 1. The fourth-order valence-corrected chi connectivity index (χ4v) is 5.22. The number of hydrogen-bond donors (Lipinski definition) is 1. The Morgan fingerprint density at radius 3 is 2.75 bits per heavy atom. The number of aromatic nitrogens is 1. The van der Waals surface area contributed by atoms with E-state index in [-0.39, 0.29) is 29.6 Å². The zero-order valence-electron chi connectivity index (χ0n) is 17.4. The summed E-state index contributed by atoms with van der Waals surface area (Å²) in [6.07, 6.45) is 6.44. The van der Waals surface area contributed by atoms with Crippen LogP contribution < -0.4 is 15.5 Å². The van der Waals surface area contributed by atoms with Crippen molar-refractivity contribution in [2.45, 2.75) is 24.7 Å². The number of nitriles is 1. The Kier molecular flexibility index (Phi) is 4.45. The van der Waals surface area contributed by atoms with Crippen LogP contribution in [0.1, 0.15) is 24.8 Å². The molecule has 1 atom stereocenters. The highest BCUT2D eigenvalue weighted by Crippen LogP contribution is 2.56. The molecule has 1 aromatic carbocycles. The molecular weight excluding hydrogens is 402 g/mol. The summed E-state index contributed by atoms with van der Waals surface area (Å²) in [6, 6.07) is 13.1. The van der Waals surface area contributed by atoms with Gasteiger partial charge in [-0.15, -0.1) is 6.58 Å². The highest BCUT2D eigenvalue weighted by atomic mass is 16.2. The number of amides is 1. The first-order valence-electron chi connectivity index (χ1n) is 10.5. The number of fused-ring (bicyclic) bond motifs is 3. The first-order chi connectivity index (χ1) is 15.6. The third-order valence-electron chi connectivity index (χ3n) is 6.39. The molecule has 7 nitrogen and oxygen atoms in total. The molecule has 1 aromatic heterocycles. The van der Waals surface area contributed by atoms with E-state index in [0.717, 1.165) is 0 Å². The largest absolute Gasteiger partial charge is 0.384 e. The summed E-state index contributed by atoms with van der Waals surface area (Å²) < 4.78 is 0. The van der Waals surface area contributed by atoms with Crippen LogP contribution in [0.15, 0.2) is 84.1 Å². The molecule has 158 valence electrons. The summed E-state index contributed by atoms with van der Waals surface area (Å²) in [6.45, 7) is 4.04. The summed E-state index contributed by atoms with van der Waals surface area (Å²) >= 11 is 0. The Bertz CT molecular complexity index is 1270. The van der Waals surface area contributed by atoms with E-state index in [4.69, 9.17) is 5.73 Å². The van der Waals surface area contributed by atoms with E-state index >= 15 is 0 Å². The maximum Gasteiger partial charge on any atom is 0.248 e. The number of nitrogens with two attached hydrogens (primary N) is 1.